The fourth-order valence-electron chi connectivity index (χ4n) is 2.92. The molecule has 1 heterocycles. The molecule has 0 saturated heterocycles. The highest BCUT2D eigenvalue weighted by atomic mass is 79.9. The van der Waals surface area contributed by atoms with Gasteiger partial charge in [0.1, 0.15) is 5.75 Å². The second-order valence-electron chi connectivity index (χ2n) is 6.67. The van der Waals surface area contributed by atoms with Gasteiger partial charge in [-0.25, -0.2) is 18.4 Å². The number of hydrogen-bond donors (Lipinski definition) is 2. The summed E-state index contributed by atoms with van der Waals surface area (Å²) in [5.41, 5.74) is 2.23. The summed E-state index contributed by atoms with van der Waals surface area (Å²) in [5.74, 6) is 1.24. The zero-order valence-electron chi connectivity index (χ0n) is 16.5. The third-order valence-electron chi connectivity index (χ3n) is 4.54. The molecule has 31 heavy (non-hydrogen) atoms. The monoisotopic (exact) mass is 498 g/mol. The molecule has 0 amide bonds. The molecule has 7 nitrogen and oxygen atoms in total. The second kappa shape index (κ2) is 8.91. The summed E-state index contributed by atoms with van der Waals surface area (Å²) in [6.07, 6.45) is 0. The van der Waals surface area contributed by atoms with Crippen molar-refractivity contribution < 1.29 is 13.2 Å². The van der Waals surface area contributed by atoms with Crippen LogP contribution in [-0.2, 0) is 16.6 Å². The molecule has 9 heteroatoms. The van der Waals surface area contributed by atoms with E-state index < -0.39 is 10.0 Å². The molecule has 0 saturated carbocycles. The molecule has 0 aliphatic heterocycles. The molecule has 0 atom stereocenters. The smallest absolute Gasteiger partial charge is 0.263 e. The first-order valence-electron chi connectivity index (χ1n) is 9.36. The number of ether oxygens (including phenoxy) is 1. The SMILES string of the molecule is COc1ccc(CNc2nc3ccccc3nc2NS(=O)(=O)c2ccc(Br)cc2)cc1. The van der Waals surface area contributed by atoms with Crippen molar-refractivity contribution in [1.82, 2.24) is 9.97 Å². The highest BCUT2D eigenvalue weighted by molar-refractivity contribution is 9.10. The number of rotatable bonds is 7. The Bertz CT molecular complexity index is 1310. The molecule has 4 aromatic rings. The average molecular weight is 499 g/mol. The molecule has 0 bridgehead atoms. The van der Waals surface area contributed by atoms with Crippen LogP contribution in [0.2, 0.25) is 0 Å². The molecule has 0 aliphatic carbocycles. The molecule has 4 rings (SSSR count). The van der Waals surface area contributed by atoms with E-state index in [1.54, 1.807) is 25.3 Å². The fraction of sp³-hybridized carbons (Fsp3) is 0.0909. The molecule has 0 aliphatic rings. The first kappa shape index (κ1) is 21.1. The molecule has 1 aromatic heterocycles. The Kier molecular flexibility index (Phi) is 6.06. The van der Waals surface area contributed by atoms with Crippen molar-refractivity contribution in [2.24, 2.45) is 0 Å². The summed E-state index contributed by atoms with van der Waals surface area (Å²) < 4.78 is 34.4. The third-order valence-corrected chi connectivity index (χ3v) is 6.43. The lowest BCUT2D eigenvalue weighted by Gasteiger charge is -2.14. The van der Waals surface area contributed by atoms with Gasteiger partial charge in [-0.05, 0) is 54.1 Å². The number of methoxy groups -OCH3 is 1. The van der Waals surface area contributed by atoms with Crippen LogP contribution in [0.1, 0.15) is 5.56 Å². The predicted molar refractivity (Wildman–Crippen MR) is 125 cm³/mol. The summed E-state index contributed by atoms with van der Waals surface area (Å²) in [6, 6.07) is 21.2. The number of nitrogens with zero attached hydrogens (tertiary/aromatic N) is 2. The molecular formula is C22H19BrN4O3S. The molecule has 0 spiro atoms. The van der Waals surface area contributed by atoms with Crippen molar-refractivity contribution in [1.29, 1.82) is 0 Å². The van der Waals surface area contributed by atoms with Gasteiger partial charge < -0.3 is 10.1 Å². The topological polar surface area (TPSA) is 93.2 Å². The number of para-hydroxylation sites is 2. The summed E-state index contributed by atoms with van der Waals surface area (Å²) >= 11 is 3.31. The van der Waals surface area contributed by atoms with Crippen molar-refractivity contribution in [3.8, 4) is 5.75 Å². The molecular weight excluding hydrogens is 480 g/mol. The van der Waals surface area contributed by atoms with E-state index in [1.807, 2.05) is 42.5 Å². The Balaban J connectivity index is 1.66. The Morgan fingerprint density at radius 3 is 2.10 bits per heavy atom. The van der Waals surface area contributed by atoms with Gasteiger partial charge in [0.2, 0.25) is 0 Å². The Morgan fingerprint density at radius 2 is 1.48 bits per heavy atom. The van der Waals surface area contributed by atoms with Gasteiger partial charge in [-0.2, -0.15) is 0 Å². The Morgan fingerprint density at radius 1 is 0.871 bits per heavy atom. The van der Waals surface area contributed by atoms with Gasteiger partial charge in [0.15, 0.2) is 11.6 Å². The number of fused-ring (bicyclic) bond motifs is 1. The zero-order valence-corrected chi connectivity index (χ0v) is 18.9. The first-order valence-corrected chi connectivity index (χ1v) is 11.6. The molecule has 0 unspecified atom stereocenters. The van der Waals surface area contributed by atoms with Gasteiger partial charge in [0, 0.05) is 11.0 Å². The van der Waals surface area contributed by atoms with Gasteiger partial charge in [0.05, 0.1) is 23.0 Å². The van der Waals surface area contributed by atoms with Crippen LogP contribution in [-0.4, -0.2) is 25.5 Å². The van der Waals surface area contributed by atoms with Gasteiger partial charge in [-0.1, -0.05) is 40.2 Å². The summed E-state index contributed by atoms with van der Waals surface area (Å²) in [6.45, 7) is 0.435. The van der Waals surface area contributed by atoms with E-state index in [4.69, 9.17) is 4.74 Å². The maximum absolute atomic E-state index is 12.9. The predicted octanol–water partition coefficient (Wildman–Crippen LogP) is 4.81. The van der Waals surface area contributed by atoms with Crippen LogP contribution in [0.25, 0.3) is 11.0 Å². The van der Waals surface area contributed by atoms with Crippen LogP contribution >= 0.6 is 15.9 Å². The van der Waals surface area contributed by atoms with Crippen molar-refractivity contribution in [3.63, 3.8) is 0 Å². The van der Waals surface area contributed by atoms with Crippen LogP contribution in [0.3, 0.4) is 0 Å². The fourth-order valence-corrected chi connectivity index (χ4v) is 4.20. The number of hydrogen-bond acceptors (Lipinski definition) is 6. The highest BCUT2D eigenvalue weighted by Gasteiger charge is 2.19. The summed E-state index contributed by atoms with van der Waals surface area (Å²) in [7, 11) is -2.23. The highest BCUT2D eigenvalue weighted by Crippen LogP contribution is 2.25. The molecule has 2 N–H and O–H groups in total. The minimum absolute atomic E-state index is 0.131. The first-order chi connectivity index (χ1) is 14.9. The third kappa shape index (κ3) is 4.95. The molecule has 0 fully saturated rings. The number of halogens is 1. The molecule has 3 aromatic carbocycles. The lowest BCUT2D eigenvalue weighted by molar-refractivity contribution is 0.414. The lowest BCUT2D eigenvalue weighted by Crippen LogP contribution is -2.16. The number of nitrogens with one attached hydrogen (secondary N) is 2. The zero-order chi connectivity index (χ0) is 21.8. The molecule has 0 radical (unpaired) electrons. The van der Waals surface area contributed by atoms with Gasteiger partial charge >= 0.3 is 0 Å². The number of anilines is 2. The van der Waals surface area contributed by atoms with E-state index in [1.165, 1.54) is 12.1 Å². The maximum Gasteiger partial charge on any atom is 0.263 e. The van der Waals surface area contributed by atoms with Crippen LogP contribution in [0, 0.1) is 0 Å². The van der Waals surface area contributed by atoms with Crippen LogP contribution in [0.15, 0.2) is 82.2 Å². The average Bonchev–Trinajstić information content (AvgIpc) is 2.78. The van der Waals surface area contributed by atoms with E-state index in [2.05, 4.69) is 35.9 Å². The lowest BCUT2D eigenvalue weighted by atomic mass is 10.2. The van der Waals surface area contributed by atoms with E-state index in [9.17, 15) is 8.42 Å². The summed E-state index contributed by atoms with van der Waals surface area (Å²) in [4.78, 5) is 9.21. The van der Waals surface area contributed by atoms with Crippen molar-refractivity contribution in [3.05, 3.63) is 82.8 Å². The van der Waals surface area contributed by atoms with E-state index in [0.717, 1.165) is 15.8 Å². The van der Waals surface area contributed by atoms with E-state index in [0.29, 0.717) is 23.4 Å². The maximum atomic E-state index is 12.9. The van der Waals surface area contributed by atoms with E-state index in [-0.39, 0.29) is 10.7 Å². The minimum Gasteiger partial charge on any atom is -0.497 e. The second-order valence-corrected chi connectivity index (χ2v) is 9.27. The number of sulfonamides is 1. The number of benzene rings is 3. The Hall–Kier alpha value is -3.17. The minimum atomic E-state index is -3.84. The van der Waals surface area contributed by atoms with Crippen molar-refractivity contribution >= 4 is 48.6 Å². The normalized spacial score (nSPS) is 11.3. The quantitative estimate of drug-likeness (QED) is 0.379. The van der Waals surface area contributed by atoms with Crippen molar-refractivity contribution in [2.75, 3.05) is 17.1 Å². The van der Waals surface area contributed by atoms with E-state index >= 15 is 0 Å². The molecule has 158 valence electrons. The van der Waals surface area contributed by atoms with Crippen LogP contribution in [0.5, 0.6) is 5.75 Å². The summed E-state index contributed by atoms with van der Waals surface area (Å²) in [5, 5.41) is 3.19. The van der Waals surface area contributed by atoms with Crippen LogP contribution < -0.4 is 14.8 Å². The standard InChI is InChI=1S/C22H19BrN4O3S/c1-30-17-10-6-15(7-11-17)14-24-21-22(26-20-5-3-2-4-19(20)25-21)27-31(28,29)18-12-8-16(23)9-13-18/h2-13H,14H2,1H3,(H,24,25)(H,26,27). The van der Waals surface area contributed by atoms with Crippen LogP contribution in [0.4, 0.5) is 11.6 Å². The van der Waals surface area contributed by atoms with Gasteiger partial charge in [-0.3, -0.25) is 4.72 Å². The Labute approximate surface area is 188 Å². The largest absolute Gasteiger partial charge is 0.497 e. The number of aromatic nitrogens is 2. The van der Waals surface area contributed by atoms with Gasteiger partial charge in [0.25, 0.3) is 10.0 Å². The van der Waals surface area contributed by atoms with Gasteiger partial charge in [-0.15, -0.1) is 0 Å². The van der Waals surface area contributed by atoms with Crippen molar-refractivity contribution in [2.45, 2.75) is 11.4 Å².